The topological polar surface area (TPSA) is 267 Å². The second kappa shape index (κ2) is 25.7. The van der Waals surface area contributed by atoms with E-state index in [1.807, 2.05) is 69.3 Å². The molecule has 1 aromatic heterocycles. The Labute approximate surface area is 466 Å². The summed E-state index contributed by atoms with van der Waals surface area (Å²) < 4.78 is 52.8. The number of carbonyl (C=O) groups excluding carboxylic acids is 2. The second-order valence-electron chi connectivity index (χ2n) is 24.9. The van der Waals surface area contributed by atoms with Gasteiger partial charge in [0.1, 0.15) is 47.4 Å². The van der Waals surface area contributed by atoms with Gasteiger partial charge in [0.05, 0.1) is 58.8 Å². The molecular formula is C58H94N4O17. The monoisotopic (exact) mass is 1120 g/mol. The molecule has 0 unspecified atom stereocenters. The van der Waals surface area contributed by atoms with Gasteiger partial charge in [0.2, 0.25) is 5.43 Å². The van der Waals surface area contributed by atoms with E-state index in [2.05, 4.69) is 5.32 Å². The van der Waals surface area contributed by atoms with Gasteiger partial charge in [-0.25, -0.2) is 4.79 Å². The lowest BCUT2D eigenvalue weighted by Crippen LogP contribution is -2.61. The van der Waals surface area contributed by atoms with Gasteiger partial charge in [0.15, 0.2) is 18.7 Å². The molecule has 4 aliphatic rings. The maximum Gasteiger partial charge on any atom is 0.341 e. The van der Waals surface area contributed by atoms with Crippen molar-refractivity contribution in [3.63, 3.8) is 0 Å². The number of benzene rings is 1. The van der Waals surface area contributed by atoms with E-state index in [1.54, 1.807) is 54.5 Å². The summed E-state index contributed by atoms with van der Waals surface area (Å²) in [6.45, 7) is 22.9. The van der Waals surface area contributed by atoms with Gasteiger partial charge in [0.25, 0.3) is 0 Å². The number of likely N-dealkylation sites (N-methyl/N-ethyl adjacent to an activating group) is 2. The Hall–Kier alpha value is -3.84. The van der Waals surface area contributed by atoms with Crippen LogP contribution >= 0.6 is 0 Å². The normalized spacial score (nSPS) is 37.9. The molecule has 6 rings (SSSR count). The van der Waals surface area contributed by atoms with E-state index in [0.717, 1.165) is 5.56 Å². The number of aromatic carboxylic acids is 1. The number of carbonyl (C=O) groups is 3. The van der Waals surface area contributed by atoms with E-state index < -0.39 is 119 Å². The molecule has 0 saturated carbocycles. The number of aryl methyl sites for hydroxylation is 1. The number of carboxylic acid groups (broad SMARTS) is 1. The number of methoxy groups -OCH3 is 1. The number of hydrogen-bond donors (Lipinski definition) is 6. The van der Waals surface area contributed by atoms with Crippen molar-refractivity contribution in [3.05, 3.63) is 39.7 Å². The van der Waals surface area contributed by atoms with Crippen LogP contribution in [0, 0.1) is 17.8 Å². The number of hydrogen-bond acceptors (Lipinski definition) is 19. The number of aromatic nitrogens is 1. The molecule has 21 heteroatoms. The van der Waals surface area contributed by atoms with Crippen molar-refractivity contribution in [2.24, 2.45) is 17.8 Å². The number of aliphatic hydroxyl groups is 4. The molecule has 5 heterocycles. The third-order valence-corrected chi connectivity index (χ3v) is 17.3. The molecule has 0 radical (unpaired) electrons. The van der Waals surface area contributed by atoms with Gasteiger partial charge >= 0.3 is 17.9 Å². The van der Waals surface area contributed by atoms with Gasteiger partial charge in [0, 0.05) is 50.8 Å². The zero-order valence-corrected chi connectivity index (χ0v) is 49.6. The van der Waals surface area contributed by atoms with Crippen LogP contribution in [0.2, 0.25) is 0 Å². The molecule has 0 spiro atoms. The van der Waals surface area contributed by atoms with Crippen LogP contribution in [0.15, 0.2) is 23.1 Å². The molecule has 0 amide bonds. The van der Waals surface area contributed by atoms with Crippen LogP contribution in [0.5, 0.6) is 5.75 Å². The molecule has 21 nitrogen and oxygen atoms in total. The van der Waals surface area contributed by atoms with Gasteiger partial charge < -0.3 is 83.1 Å². The molecular weight excluding hydrogens is 1020 g/mol. The van der Waals surface area contributed by atoms with Crippen LogP contribution < -0.4 is 15.5 Å². The summed E-state index contributed by atoms with van der Waals surface area (Å²) in [5.74, 6) is -4.15. The smallest absolute Gasteiger partial charge is 0.341 e. The van der Waals surface area contributed by atoms with Gasteiger partial charge in [-0.05, 0) is 146 Å². The quantitative estimate of drug-likeness (QED) is 0.102. The summed E-state index contributed by atoms with van der Waals surface area (Å²) in [5.41, 5.74) is -4.71. The summed E-state index contributed by atoms with van der Waals surface area (Å²) in [5, 5.41) is 61.6. The highest BCUT2D eigenvalue weighted by molar-refractivity contribution is 5.95. The Morgan fingerprint density at radius 2 is 1.62 bits per heavy atom. The minimum atomic E-state index is -1.87. The molecule has 0 bridgehead atoms. The fraction of sp³-hybridized carbons (Fsp3) is 0.793. The lowest BCUT2D eigenvalue weighted by molar-refractivity contribution is -0.318. The summed E-state index contributed by atoms with van der Waals surface area (Å²) in [7, 11) is 7.07. The molecule has 3 saturated heterocycles. The third kappa shape index (κ3) is 14.3. The number of nitrogens with zero attached hydrogens (tertiary/aromatic N) is 3. The predicted molar refractivity (Wildman–Crippen MR) is 294 cm³/mol. The fourth-order valence-corrected chi connectivity index (χ4v) is 12.6. The summed E-state index contributed by atoms with van der Waals surface area (Å²) >= 11 is 0. The van der Waals surface area contributed by atoms with Crippen LogP contribution in [-0.2, 0) is 54.7 Å². The molecule has 448 valence electrons. The second-order valence-corrected chi connectivity index (χ2v) is 24.9. The van der Waals surface area contributed by atoms with Crippen molar-refractivity contribution in [1.29, 1.82) is 0 Å². The SMILES string of the molecule is CC[C@H]1OC(=O)[C@H](C)[C@@H](O[C@H]2C[C@@](C)(OC)[C@@H](OC(=O)CCNCCCc3cc4c5c(c3)c(=O)c(C(=O)O)cn5C(C)(C)CO4)[C@H](C)O2)[C@H](C)[C@@H](O[C@@H]2O[C@H](C)C[C@H](N(C)C)[C@H]2O)[C@](C)(O)C[C@@H](C)CN(C)[C@H](C)[C@@H](O)[C@]1(C)O. The molecule has 1 aromatic carbocycles. The van der Waals surface area contributed by atoms with Gasteiger partial charge in [-0.15, -0.1) is 0 Å². The minimum absolute atomic E-state index is 0.0225. The first-order valence-electron chi connectivity index (χ1n) is 28.3. The Bertz CT molecular complexity index is 2480. The number of aliphatic hydroxyl groups excluding tert-OH is 2. The van der Waals surface area contributed by atoms with Crippen LogP contribution in [-0.4, -0.2) is 203 Å². The van der Waals surface area contributed by atoms with Gasteiger partial charge in [-0.1, -0.05) is 20.8 Å². The predicted octanol–water partition coefficient (Wildman–Crippen LogP) is 4.20. The highest BCUT2D eigenvalue weighted by atomic mass is 16.7. The molecule has 79 heavy (non-hydrogen) atoms. The number of ether oxygens (including phenoxy) is 8. The van der Waals surface area contributed by atoms with E-state index in [-0.39, 0.29) is 54.7 Å². The summed E-state index contributed by atoms with van der Waals surface area (Å²) in [6, 6.07) is 2.71. The summed E-state index contributed by atoms with van der Waals surface area (Å²) in [4.78, 5) is 57.3. The molecule has 0 aliphatic carbocycles. The Balaban J connectivity index is 1.18. The highest BCUT2D eigenvalue weighted by Crippen LogP contribution is 2.42. The maximum absolute atomic E-state index is 14.6. The lowest BCUT2D eigenvalue weighted by Gasteiger charge is -2.49. The zero-order chi connectivity index (χ0) is 58.9. The highest BCUT2D eigenvalue weighted by Gasteiger charge is 2.54. The van der Waals surface area contributed by atoms with E-state index >= 15 is 0 Å². The number of rotatable bonds is 16. The molecule has 2 aromatic rings. The standard InChI is InChI=1S/C58H94N4O17/c1-17-42-58(12,71)49(66)35(6)61(15)28-31(2)26-56(10,70)50(79-54-47(65)40(60(13)14)23-32(3)74-54)33(4)48(34(5)53(69)76-42)78-44-27-57(11,72-16)51(36(7)75-44)77-43(63)20-22-59-21-18-19-37-24-38-45-41(25-37)73-30-55(8,9)62(45)29-39(46(38)64)52(67)68/h24-25,29,31-36,40,42,44,47-51,54,59,65-66,70-71H,17-23,26-28,30H2,1-16H3,(H,67,68)/t31-,32-,33+,34-,35-,36+,40+,42-,44+,47-,48+,49-,50-,51+,54+,56-,57-,58-/m1/s1. The van der Waals surface area contributed by atoms with Crippen LogP contribution in [0.4, 0.5) is 0 Å². The number of carboxylic acids is 1. The van der Waals surface area contributed by atoms with Crippen LogP contribution in [0.25, 0.3) is 10.9 Å². The van der Waals surface area contributed by atoms with E-state index in [4.69, 9.17) is 37.9 Å². The Morgan fingerprint density at radius 3 is 2.25 bits per heavy atom. The van der Waals surface area contributed by atoms with E-state index in [1.165, 1.54) is 20.2 Å². The van der Waals surface area contributed by atoms with Gasteiger partial charge in [-0.2, -0.15) is 0 Å². The zero-order valence-electron chi connectivity index (χ0n) is 49.6. The van der Waals surface area contributed by atoms with Crippen molar-refractivity contribution in [3.8, 4) is 5.75 Å². The summed E-state index contributed by atoms with van der Waals surface area (Å²) in [6.07, 6.45) is -6.52. The van der Waals surface area contributed by atoms with Crippen LogP contribution in [0.1, 0.15) is 138 Å². The molecule has 18 atom stereocenters. The van der Waals surface area contributed by atoms with Crippen molar-refractivity contribution in [2.45, 2.75) is 224 Å². The van der Waals surface area contributed by atoms with E-state index in [9.17, 15) is 44.7 Å². The first kappa shape index (κ1) is 64.3. The van der Waals surface area contributed by atoms with Crippen molar-refractivity contribution >= 4 is 28.8 Å². The maximum atomic E-state index is 14.6. The van der Waals surface area contributed by atoms with Gasteiger partial charge in [-0.3, -0.25) is 14.4 Å². The fourth-order valence-electron chi connectivity index (χ4n) is 12.6. The number of nitrogens with one attached hydrogen (secondary N) is 1. The first-order chi connectivity index (χ1) is 36.8. The molecule has 4 aliphatic heterocycles. The third-order valence-electron chi connectivity index (χ3n) is 17.3. The average molecular weight is 1120 g/mol. The van der Waals surface area contributed by atoms with Crippen molar-refractivity contribution in [2.75, 3.05) is 54.5 Å². The number of esters is 2. The Kier molecular flexibility index (Phi) is 21.0. The lowest BCUT2D eigenvalue weighted by atomic mass is 9.77. The van der Waals surface area contributed by atoms with Crippen molar-refractivity contribution < 1.29 is 77.8 Å². The first-order valence-corrected chi connectivity index (χ1v) is 28.3. The average Bonchev–Trinajstić information content (AvgIpc) is 3.42. The molecule has 6 N–H and O–H groups in total. The van der Waals surface area contributed by atoms with E-state index in [0.29, 0.717) is 56.8 Å². The number of cyclic esters (lactones) is 1. The largest absolute Gasteiger partial charge is 0.489 e. The Morgan fingerprint density at radius 1 is 0.937 bits per heavy atom. The minimum Gasteiger partial charge on any atom is -0.489 e. The van der Waals surface area contributed by atoms with Crippen molar-refractivity contribution in [1.82, 2.24) is 19.7 Å². The van der Waals surface area contributed by atoms with Crippen LogP contribution in [0.3, 0.4) is 0 Å². The number of pyridine rings is 1. The molecule has 3 fully saturated rings.